The quantitative estimate of drug-likeness (QED) is 0.894. The second-order valence-corrected chi connectivity index (χ2v) is 4.38. The summed E-state index contributed by atoms with van der Waals surface area (Å²) in [6, 6.07) is 8.51. The van der Waals surface area contributed by atoms with Crippen LogP contribution in [0.3, 0.4) is 0 Å². The van der Waals surface area contributed by atoms with Crippen molar-refractivity contribution in [3.63, 3.8) is 0 Å². The first-order valence-electron chi connectivity index (χ1n) is 5.72. The van der Waals surface area contributed by atoms with E-state index < -0.39 is 18.1 Å². The van der Waals surface area contributed by atoms with Gasteiger partial charge >= 0.3 is 12.1 Å². The zero-order valence-corrected chi connectivity index (χ0v) is 10.5. The number of alkyl halides is 3. The topological polar surface area (TPSA) is 34.0 Å². The summed E-state index contributed by atoms with van der Waals surface area (Å²) in [6.07, 6.45) is -4.86. The predicted molar refractivity (Wildman–Crippen MR) is 65.5 cm³/mol. The first-order chi connectivity index (χ1) is 8.80. The number of carbonyl (C=O) groups excluding carboxylic acids is 1. The van der Waals surface area contributed by atoms with Gasteiger partial charge in [0.05, 0.1) is 6.04 Å². The molecule has 0 aliphatic rings. The van der Waals surface area contributed by atoms with Crippen LogP contribution in [0.25, 0.3) is 10.9 Å². The number of benzene rings is 1. The highest BCUT2D eigenvalue weighted by Gasteiger charge is 2.39. The van der Waals surface area contributed by atoms with E-state index in [1.807, 2.05) is 29.6 Å². The zero-order valence-electron chi connectivity index (χ0n) is 10.5. The summed E-state index contributed by atoms with van der Waals surface area (Å²) in [5, 5.41) is 2.88. The molecule has 2 aromatic rings. The van der Waals surface area contributed by atoms with Crippen molar-refractivity contribution >= 4 is 16.8 Å². The zero-order chi connectivity index (χ0) is 14.2. The van der Waals surface area contributed by atoms with E-state index in [0.717, 1.165) is 10.9 Å². The van der Waals surface area contributed by atoms with Gasteiger partial charge in [-0.15, -0.1) is 0 Å². The minimum atomic E-state index is -4.86. The van der Waals surface area contributed by atoms with Crippen LogP contribution in [0.4, 0.5) is 13.2 Å². The molecule has 1 N–H and O–H groups in total. The Labute approximate surface area is 108 Å². The summed E-state index contributed by atoms with van der Waals surface area (Å²) in [6.45, 7) is 1.53. The van der Waals surface area contributed by atoms with Gasteiger partial charge in [-0.05, 0) is 24.4 Å². The summed E-state index contributed by atoms with van der Waals surface area (Å²) in [5.74, 6) is -1.93. The molecule has 3 nitrogen and oxygen atoms in total. The Balaban J connectivity index is 2.29. The molecule has 0 radical (unpaired) electrons. The van der Waals surface area contributed by atoms with Crippen molar-refractivity contribution < 1.29 is 18.0 Å². The number of aryl methyl sites for hydroxylation is 1. The number of para-hydroxylation sites is 1. The van der Waals surface area contributed by atoms with Gasteiger partial charge in [-0.2, -0.15) is 13.2 Å². The van der Waals surface area contributed by atoms with Crippen molar-refractivity contribution in [2.24, 2.45) is 7.05 Å². The fourth-order valence-electron chi connectivity index (χ4n) is 2.08. The lowest BCUT2D eigenvalue weighted by atomic mass is 10.2. The SMILES string of the molecule is CC(NC(=O)C(F)(F)F)c1cc2ccccc2n1C. The van der Waals surface area contributed by atoms with Crippen molar-refractivity contribution in [3.8, 4) is 0 Å². The minimum Gasteiger partial charge on any atom is -0.346 e. The van der Waals surface area contributed by atoms with E-state index in [2.05, 4.69) is 0 Å². The summed E-state index contributed by atoms with van der Waals surface area (Å²) < 4.78 is 38.4. The average molecular weight is 270 g/mol. The molecule has 1 aromatic heterocycles. The van der Waals surface area contributed by atoms with Crippen molar-refractivity contribution in [1.82, 2.24) is 9.88 Å². The van der Waals surface area contributed by atoms with Gasteiger partial charge in [-0.25, -0.2) is 0 Å². The molecule has 102 valence electrons. The van der Waals surface area contributed by atoms with Crippen LogP contribution in [0.5, 0.6) is 0 Å². The molecule has 0 aliphatic heterocycles. The fourth-order valence-corrected chi connectivity index (χ4v) is 2.08. The molecule has 0 spiro atoms. The maximum absolute atomic E-state index is 12.2. The summed E-state index contributed by atoms with van der Waals surface area (Å²) >= 11 is 0. The Morgan fingerprint density at radius 2 is 1.95 bits per heavy atom. The Hall–Kier alpha value is -1.98. The van der Waals surface area contributed by atoms with Gasteiger partial charge in [-0.3, -0.25) is 4.79 Å². The summed E-state index contributed by atoms with van der Waals surface area (Å²) in [7, 11) is 1.76. The number of rotatable bonds is 2. The van der Waals surface area contributed by atoms with E-state index in [1.54, 1.807) is 17.7 Å². The number of halogens is 3. The molecule has 1 heterocycles. The lowest BCUT2D eigenvalue weighted by Crippen LogP contribution is -2.38. The van der Waals surface area contributed by atoms with Crippen LogP contribution in [0.1, 0.15) is 18.7 Å². The average Bonchev–Trinajstić information content (AvgIpc) is 2.66. The molecular formula is C13H13F3N2O. The highest BCUT2D eigenvalue weighted by Crippen LogP contribution is 2.24. The monoisotopic (exact) mass is 270 g/mol. The van der Waals surface area contributed by atoms with E-state index >= 15 is 0 Å². The molecule has 0 saturated carbocycles. The van der Waals surface area contributed by atoms with Gasteiger partial charge in [0.1, 0.15) is 0 Å². The van der Waals surface area contributed by atoms with Gasteiger partial charge in [-0.1, -0.05) is 18.2 Å². The van der Waals surface area contributed by atoms with Crippen LogP contribution in [0, 0.1) is 0 Å². The van der Waals surface area contributed by atoms with Crippen molar-refractivity contribution in [1.29, 1.82) is 0 Å². The van der Waals surface area contributed by atoms with E-state index in [-0.39, 0.29) is 0 Å². The molecule has 1 unspecified atom stereocenters. The third-order valence-electron chi connectivity index (χ3n) is 3.04. The first kappa shape index (κ1) is 13.5. The van der Waals surface area contributed by atoms with Gasteiger partial charge in [0, 0.05) is 18.3 Å². The smallest absolute Gasteiger partial charge is 0.346 e. The molecule has 0 fully saturated rings. The van der Waals surface area contributed by atoms with E-state index in [0.29, 0.717) is 5.69 Å². The molecule has 6 heteroatoms. The van der Waals surface area contributed by atoms with E-state index in [4.69, 9.17) is 0 Å². The third kappa shape index (κ3) is 2.57. The van der Waals surface area contributed by atoms with Crippen LogP contribution >= 0.6 is 0 Å². The third-order valence-corrected chi connectivity index (χ3v) is 3.04. The molecular weight excluding hydrogens is 257 g/mol. The Morgan fingerprint density at radius 3 is 2.53 bits per heavy atom. The standard InChI is InChI=1S/C13H13F3N2O/c1-8(17-12(19)13(14,15)16)11-7-9-5-3-4-6-10(9)18(11)2/h3-8H,1-2H3,(H,17,19). The first-order valence-corrected chi connectivity index (χ1v) is 5.72. The van der Waals surface area contributed by atoms with Crippen molar-refractivity contribution in [2.45, 2.75) is 19.1 Å². The maximum Gasteiger partial charge on any atom is 0.471 e. The van der Waals surface area contributed by atoms with Crippen LogP contribution in [0.15, 0.2) is 30.3 Å². The van der Waals surface area contributed by atoms with Crippen molar-refractivity contribution in [2.75, 3.05) is 0 Å². The lowest BCUT2D eigenvalue weighted by molar-refractivity contribution is -0.174. The number of aromatic nitrogens is 1. The fraction of sp³-hybridized carbons (Fsp3) is 0.308. The molecule has 1 amide bonds. The number of nitrogens with one attached hydrogen (secondary N) is 1. The van der Waals surface area contributed by atoms with Crippen LogP contribution < -0.4 is 5.32 Å². The second-order valence-electron chi connectivity index (χ2n) is 4.38. The van der Waals surface area contributed by atoms with Crippen LogP contribution in [-0.4, -0.2) is 16.7 Å². The highest BCUT2D eigenvalue weighted by atomic mass is 19.4. The van der Waals surface area contributed by atoms with Crippen molar-refractivity contribution in [3.05, 3.63) is 36.0 Å². The predicted octanol–water partition coefficient (Wildman–Crippen LogP) is 2.92. The molecule has 2 rings (SSSR count). The molecule has 1 aromatic carbocycles. The number of nitrogens with zero attached hydrogens (tertiary/aromatic N) is 1. The summed E-state index contributed by atoms with van der Waals surface area (Å²) in [5.41, 5.74) is 1.53. The minimum absolute atomic E-state index is 0.624. The normalized spacial score (nSPS) is 13.5. The molecule has 1 atom stereocenters. The number of amides is 1. The second kappa shape index (κ2) is 4.60. The summed E-state index contributed by atoms with van der Waals surface area (Å²) in [4.78, 5) is 10.9. The Morgan fingerprint density at radius 1 is 1.32 bits per heavy atom. The van der Waals surface area contributed by atoms with Gasteiger partial charge in [0.2, 0.25) is 0 Å². The number of carbonyl (C=O) groups is 1. The lowest BCUT2D eigenvalue weighted by Gasteiger charge is -2.16. The van der Waals surface area contributed by atoms with Crippen LogP contribution in [-0.2, 0) is 11.8 Å². The van der Waals surface area contributed by atoms with E-state index in [1.165, 1.54) is 6.92 Å². The number of fused-ring (bicyclic) bond motifs is 1. The van der Waals surface area contributed by atoms with Crippen LogP contribution in [0.2, 0.25) is 0 Å². The van der Waals surface area contributed by atoms with Gasteiger partial charge < -0.3 is 9.88 Å². The van der Waals surface area contributed by atoms with E-state index in [9.17, 15) is 18.0 Å². The number of hydrogen-bond acceptors (Lipinski definition) is 1. The molecule has 0 bridgehead atoms. The largest absolute Gasteiger partial charge is 0.471 e. The highest BCUT2D eigenvalue weighted by molar-refractivity contribution is 5.83. The molecule has 0 saturated heterocycles. The molecule has 0 aliphatic carbocycles. The maximum atomic E-state index is 12.2. The van der Waals surface area contributed by atoms with Gasteiger partial charge in [0.15, 0.2) is 0 Å². The molecule has 19 heavy (non-hydrogen) atoms. The van der Waals surface area contributed by atoms with Gasteiger partial charge in [0.25, 0.3) is 0 Å². The Kier molecular flexibility index (Phi) is 3.26. The Bertz CT molecular complexity index is 616. The number of hydrogen-bond donors (Lipinski definition) is 1.